The molecule has 0 radical (unpaired) electrons. The van der Waals surface area contributed by atoms with E-state index < -0.39 is 0 Å². The van der Waals surface area contributed by atoms with E-state index in [1.807, 2.05) is 24.0 Å². The molecule has 1 unspecified atom stereocenters. The number of nitrogens with one attached hydrogen (secondary N) is 1. The first-order valence-corrected chi connectivity index (χ1v) is 10.4. The van der Waals surface area contributed by atoms with Crippen molar-refractivity contribution in [3.05, 3.63) is 44.7 Å². The molecule has 0 saturated carbocycles. The molecular weight excluding hydrogens is 378 g/mol. The first kappa shape index (κ1) is 18.0. The van der Waals surface area contributed by atoms with E-state index in [4.69, 9.17) is 4.98 Å². The number of thiazole rings is 2. The lowest BCUT2D eigenvalue weighted by Crippen LogP contribution is -2.21. The van der Waals surface area contributed by atoms with E-state index in [2.05, 4.69) is 46.4 Å². The van der Waals surface area contributed by atoms with Gasteiger partial charge in [-0.15, -0.1) is 27.8 Å². The normalized spacial score (nSPS) is 14.9. The zero-order valence-corrected chi connectivity index (χ0v) is 17.4. The molecule has 3 aromatic rings. The number of hydrogen-bond acceptors (Lipinski definition) is 8. The molecule has 1 aliphatic rings. The Balaban J connectivity index is 1.51. The van der Waals surface area contributed by atoms with Crippen LogP contribution >= 0.6 is 22.7 Å². The lowest BCUT2D eigenvalue weighted by Gasteiger charge is -2.09. The fraction of sp³-hybridized carbons (Fsp3) is 0.389. The van der Waals surface area contributed by atoms with Crippen molar-refractivity contribution in [1.29, 1.82) is 0 Å². The Morgan fingerprint density at radius 3 is 2.67 bits per heavy atom. The summed E-state index contributed by atoms with van der Waals surface area (Å²) in [7, 11) is 0. The molecule has 0 bridgehead atoms. The third kappa shape index (κ3) is 3.70. The second kappa shape index (κ2) is 7.32. The number of rotatable bonds is 5. The Kier molecular flexibility index (Phi) is 4.88. The van der Waals surface area contributed by atoms with Crippen LogP contribution in [-0.4, -0.2) is 37.2 Å². The third-order valence-corrected chi connectivity index (χ3v) is 7.00. The van der Waals surface area contributed by atoms with Crippen LogP contribution in [0.25, 0.3) is 10.7 Å². The minimum Gasteiger partial charge on any atom is -0.384 e. The minimum absolute atomic E-state index is 0.290. The van der Waals surface area contributed by atoms with Gasteiger partial charge in [0.2, 0.25) is 0 Å². The molecule has 4 rings (SSSR count). The SMILES string of the molecule is Cc1nc(-c2cn(CC(C)c3sc(C4=NC=CNC4)nc3C)nn2)sc1C. The molecule has 0 aromatic carbocycles. The van der Waals surface area contributed by atoms with E-state index in [1.54, 1.807) is 28.9 Å². The molecule has 9 heteroatoms. The molecule has 1 aliphatic heterocycles. The van der Waals surface area contributed by atoms with E-state index in [1.165, 1.54) is 9.75 Å². The van der Waals surface area contributed by atoms with Gasteiger partial charge in [0, 0.05) is 28.1 Å². The number of nitrogens with zero attached hydrogens (tertiary/aromatic N) is 6. The van der Waals surface area contributed by atoms with Crippen molar-refractivity contribution in [3.8, 4) is 10.7 Å². The zero-order valence-electron chi connectivity index (χ0n) is 15.7. The molecule has 0 aliphatic carbocycles. The molecule has 3 aromatic heterocycles. The summed E-state index contributed by atoms with van der Waals surface area (Å²) in [5, 5.41) is 13.7. The van der Waals surface area contributed by atoms with Crippen molar-refractivity contribution in [2.24, 2.45) is 4.99 Å². The average Bonchev–Trinajstić information content (AvgIpc) is 3.36. The van der Waals surface area contributed by atoms with Crippen molar-refractivity contribution in [1.82, 2.24) is 30.3 Å². The summed E-state index contributed by atoms with van der Waals surface area (Å²) in [5.74, 6) is 0.290. The fourth-order valence-electron chi connectivity index (χ4n) is 2.93. The van der Waals surface area contributed by atoms with Crippen LogP contribution in [-0.2, 0) is 6.54 Å². The monoisotopic (exact) mass is 399 g/mol. The van der Waals surface area contributed by atoms with Gasteiger partial charge in [-0.1, -0.05) is 12.1 Å². The molecule has 7 nitrogen and oxygen atoms in total. The van der Waals surface area contributed by atoms with Crippen LogP contribution in [0.15, 0.2) is 23.6 Å². The maximum atomic E-state index is 4.72. The van der Waals surface area contributed by atoms with Crippen LogP contribution in [0.4, 0.5) is 0 Å². The smallest absolute Gasteiger partial charge is 0.145 e. The first-order chi connectivity index (χ1) is 13.0. The number of aromatic nitrogens is 5. The molecule has 1 N–H and O–H groups in total. The molecule has 0 spiro atoms. The van der Waals surface area contributed by atoms with Gasteiger partial charge >= 0.3 is 0 Å². The lowest BCUT2D eigenvalue weighted by molar-refractivity contribution is 0.529. The van der Waals surface area contributed by atoms with Gasteiger partial charge < -0.3 is 5.32 Å². The Hall–Kier alpha value is -2.39. The van der Waals surface area contributed by atoms with Crippen LogP contribution in [0.1, 0.15) is 39.0 Å². The number of aliphatic imine (C=N–C) groups is 1. The summed E-state index contributed by atoms with van der Waals surface area (Å²) in [5.41, 5.74) is 3.94. The summed E-state index contributed by atoms with van der Waals surface area (Å²) >= 11 is 3.37. The highest BCUT2D eigenvalue weighted by molar-refractivity contribution is 7.15. The molecule has 4 heterocycles. The van der Waals surface area contributed by atoms with Crippen molar-refractivity contribution in [3.63, 3.8) is 0 Å². The van der Waals surface area contributed by atoms with Crippen LogP contribution < -0.4 is 5.32 Å². The molecule has 1 atom stereocenters. The first-order valence-electron chi connectivity index (χ1n) is 8.78. The third-order valence-electron chi connectivity index (χ3n) is 4.47. The number of hydrogen-bond donors (Lipinski definition) is 1. The molecule has 140 valence electrons. The average molecular weight is 400 g/mol. The summed E-state index contributed by atoms with van der Waals surface area (Å²) in [6.07, 6.45) is 5.60. The molecule has 0 amide bonds. The van der Waals surface area contributed by atoms with Crippen LogP contribution in [0.5, 0.6) is 0 Å². The van der Waals surface area contributed by atoms with Gasteiger partial charge in [-0.3, -0.25) is 9.67 Å². The van der Waals surface area contributed by atoms with Gasteiger partial charge in [-0.05, 0) is 20.8 Å². The standard InChI is InChI=1S/C18H21N7S2/c1-10(16-12(3)22-17(27-16)14-7-19-5-6-20-14)8-25-9-15(23-24-25)18-21-11(2)13(4)26-18/h5-6,9-10,19H,7-8H2,1-4H3. The van der Waals surface area contributed by atoms with E-state index in [0.29, 0.717) is 5.92 Å². The van der Waals surface area contributed by atoms with E-state index in [9.17, 15) is 0 Å². The van der Waals surface area contributed by atoms with E-state index in [-0.39, 0.29) is 0 Å². The summed E-state index contributed by atoms with van der Waals surface area (Å²) in [4.78, 5) is 16.2. The number of aryl methyl sites for hydroxylation is 3. The fourth-order valence-corrected chi connectivity index (χ4v) is 4.90. The maximum absolute atomic E-state index is 4.72. The van der Waals surface area contributed by atoms with Gasteiger partial charge in [-0.25, -0.2) is 9.97 Å². The van der Waals surface area contributed by atoms with Gasteiger partial charge in [0.25, 0.3) is 0 Å². The highest BCUT2D eigenvalue weighted by Crippen LogP contribution is 2.29. The van der Waals surface area contributed by atoms with Crippen molar-refractivity contribution >= 4 is 28.4 Å². The zero-order chi connectivity index (χ0) is 19.0. The van der Waals surface area contributed by atoms with Crippen molar-refractivity contribution < 1.29 is 0 Å². The van der Waals surface area contributed by atoms with E-state index >= 15 is 0 Å². The summed E-state index contributed by atoms with van der Waals surface area (Å²) in [6, 6.07) is 0. The second-order valence-corrected chi connectivity index (χ2v) is 8.86. The van der Waals surface area contributed by atoms with Gasteiger partial charge in [0.15, 0.2) is 0 Å². The van der Waals surface area contributed by atoms with Gasteiger partial charge in [-0.2, -0.15) is 0 Å². The molecule has 0 fully saturated rings. The second-order valence-electron chi connectivity index (χ2n) is 6.63. The highest BCUT2D eigenvalue weighted by atomic mass is 32.1. The van der Waals surface area contributed by atoms with Crippen molar-refractivity contribution in [2.45, 2.75) is 40.2 Å². The highest BCUT2D eigenvalue weighted by Gasteiger charge is 2.19. The Bertz CT molecular complexity index is 1010. The van der Waals surface area contributed by atoms with E-state index in [0.717, 1.165) is 45.9 Å². The van der Waals surface area contributed by atoms with Gasteiger partial charge in [0.1, 0.15) is 15.7 Å². The molecule has 27 heavy (non-hydrogen) atoms. The Morgan fingerprint density at radius 1 is 1.15 bits per heavy atom. The lowest BCUT2D eigenvalue weighted by atomic mass is 10.1. The largest absolute Gasteiger partial charge is 0.384 e. The van der Waals surface area contributed by atoms with Gasteiger partial charge in [0.05, 0.1) is 36.4 Å². The van der Waals surface area contributed by atoms with Crippen LogP contribution in [0, 0.1) is 20.8 Å². The topological polar surface area (TPSA) is 80.9 Å². The quantitative estimate of drug-likeness (QED) is 0.711. The summed E-state index contributed by atoms with van der Waals surface area (Å²) in [6.45, 7) is 9.83. The minimum atomic E-state index is 0.290. The van der Waals surface area contributed by atoms with Crippen LogP contribution in [0.3, 0.4) is 0 Å². The summed E-state index contributed by atoms with van der Waals surface area (Å²) < 4.78 is 1.90. The predicted octanol–water partition coefficient (Wildman–Crippen LogP) is 3.45. The molecule has 0 saturated heterocycles. The Labute approximate surface area is 165 Å². The maximum Gasteiger partial charge on any atom is 0.145 e. The van der Waals surface area contributed by atoms with Crippen molar-refractivity contribution in [2.75, 3.05) is 6.54 Å². The predicted molar refractivity (Wildman–Crippen MR) is 110 cm³/mol. The van der Waals surface area contributed by atoms with Crippen LogP contribution in [0.2, 0.25) is 0 Å². The Morgan fingerprint density at radius 2 is 1.96 bits per heavy atom. The molecular formula is C18H21N7S2.